The Morgan fingerprint density at radius 1 is 1.22 bits per heavy atom. The normalized spacial score (nSPS) is 13.4. The van der Waals surface area contributed by atoms with Crippen molar-refractivity contribution in [2.75, 3.05) is 33.1 Å². The van der Waals surface area contributed by atoms with Crippen LogP contribution >= 0.6 is 11.3 Å². The largest absolute Gasteiger partial charge is 0.493 e. The van der Waals surface area contributed by atoms with Crippen molar-refractivity contribution in [1.29, 1.82) is 0 Å². The minimum Gasteiger partial charge on any atom is -0.493 e. The van der Waals surface area contributed by atoms with Gasteiger partial charge in [-0.15, -0.1) is 11.3 Å². The molecule has 1 amide bonds. The number of carbonyl (C=O) groups is 1. The smallest absolute Gasteiger partial charge is 0.240 e. The zero-order valence-electron chi connectivity index (χ0n) is 16.4. The number of fused-ring (bicyclic) bond motifs is 1. The molecule has 146 valence electrons. The van der Waals surface area contributed by atoms with Crippen LogP contribution in [0.5, 0.6) is 11.5 Å². The van der Waals surface area contributed by atoms with Crippen LogP contribution in [-0.4, -0.2) is 43.6 Å². The van der Waals surface area contributed by atoms with Gasteiger partial charge in [0.15, 0.2) is 16.6 Å². The molecule has 0 bridgehead atoms. The molecule has 27 heavy (non-hydrogen) atoms. The van der Waals surface area contributed by atoms with Crippen LogP contribution in [0.3, 0.4) is 0 Å². The first-order valence-electron chi connectivity index (χ1n) is 9.18. The van der Waals surface area contributed by atoms with Gasteiger partial charge in [-0.05, 0) is 62.9 Å². The first-order chi connectivity index (χ1) is 13.0. The monoisotopic (exact) mass is 389 g/mol. The van der Waals surface area contributed by atoms with Crippen molar-refractivity contribution in [2.24, 2.45) is 0 Å². The molecule has 1 N–H and O–H groups in total. The van der Waals surface area contributed by atoms with E-state index in [4.69, 9.17) is 9.47 Å². The highest BCUT2D eigenvalue weighted by atomic mass is 32.1. The molecule has 6 nitrogen and oxygen atoms in total. The third-order valence-electron chi connectivity index (χ3n) is 4.79. The molecule has 1 aliphatic rings. The summed E-state index contributed by atoms with van der Waals surface area (Å²) in [4.78, 5) is 20.3. The summed E-state index contributed by atoms with van der Waals surface area (Å²) in [6.45, 7) is 2.98. The van der Waals surface area contributed by atoms with Gasteiger partial charge in [0.2, 0.25) is 5.91 Å². The second kappa shape index (κ2) is 8.71. The molecule has 0 saturated carbocycles. The third-order valence-corrected chi connectivity index (χ3v) is 5.86. The van der Waals surface area contributed by atoms with E-state index in [1.807, 2.05) is 31.0 Å². The number of nitrogens with zero attached hydrogens (tertiary/aromatic N) is 2. The fraction of sp³-hybridized carbons (Fsp3) is 0.500. The number of likely N-dealkylation sites (N-methyl/N-ethyl adjacent to an activating group) is 1. The zero-order valence-corrected chi connectivity index (χ0v) is 17.2. The second-order valence-electron chi connectivity index (χ2n) is 6.95. The molecule has 1 heterocycles. The number of aryl methyl sites for hydroxylation is 3. The zero-order chi connectivity index (χ0) is 19.4. The molecule has 0 aliphatic heterocycles. The van der Waals surface area contributed by atoms with Gasteiger partial charge in [-0.3, -0.25) is 9.69 Å². The molecule has 1 aromatic heterocycles. The van der Waals surface area contributed by atoms with E-state index in [0.717, 1.165) is 34.8 Å². The Hall–Kier alpha value is -2.12. The van der Waals surface area contributed by atoms with Crippen molar-refractivity contribution in [3.05, 3.63) is 33.8 Å². The van der Waals surface area contributed by atoms with Crippen LogP contribution < -0.4 is 14.8 Å². The lowest BCUT2D eigenvalue weighted by atomic mass is 10.0. The molecule has 1 aliphatic carbocycles. The highest BCUT2D eigenvalue weighted by molar-refractivity contribution is 7.15. The molecule has 0 radical (unpaired) electrons. The molecule has 0 fully saturated rings. The Balaban J connectivity index is 1.59. The molecule has 0 spiro atoms. The van der Waals surface area contributed by atoms with Gasteiger partial charge in [0.25, 0.3) is 0 Å². The minimum absolute atomic E-state index is 0.0401. The number of nitrogens with one attached hydrogen (secondary N) is 1. The highest BCUT2D eigenvalue weighted by Gasteiger charge is 2.17. The maximum absolute atomic E-state index is 12.4. The number of carbonyl (C=O) groups excluding carboxylic acids is 1. The first kappa shape index (κ1) is 19.6. The molecular weight excluding hydrogens is 362 g/mol. The number of hydrogen-bond acceptors (Lipinski definition) is 6. The van der Waals surface area contributed by atoms with E-state index < -0.39 is 0 Å². The highest BCUT2D eigenvalue weighted by Crippen LogP contribution is 2.31. The van der Waals surface area contributed by atoms with Crippen molar-refractivity contribution < 1.29 is 14.3 Å². The summed E-state index contributed by atoms with van der Waals surface area (Å²) in [6, 6.07) is 3.93. The van der Waals surface area contributed by atoms with Gasteiger partial charge in [0, 0.05) is 11.4 Å². The Labute approximate surface area is 164 Å². The van der Waals surface area contributed by atoms with Crippen molar-refractivity contribution in [1.82, 2.24) is 9.88 Å². The van der Waals surface area contributed by atoms with E-state index in [9.17, 15) is 4.79 Å². The van der Waals surface area contributed by atoms with E-state index in [2.05, 4.69) is 10.3 Å². The molecule has 7 heteroatoms. The van der Waals surface area contributed by atoms with Crippen LogP contribution in [0.4, 0.5) is 5.13 Å². The Morgan fingerprint density at radius 2 is 1.93 bits per heavy atom. The number of thiazole rings is 1. The van der Waals surface area contributed by atoms with Gasteiger partial charge in [0.1, 0.15) is 0 Å². The van der Waals surface area contributed by atoms with Crippen LogP contribution in [-0.2, 0) is 24.2 Å². The van der Waals surface area contributed by atoms with E-state index in [1.165, 1.54) is 17.7 Å². The summed E-state index contributed by atoms with van der Waals surface area (Å²) >= 11 is 1.61. The summed E-state index contributed by atoms with van der Waals surface area (Å²) in [6.07, 6.45) is 4.52. The van der Waals surface area contributed by atoms with Crippen molar-refractivity contribution in [3.63, 3.8) is 0 Å². The molecule has 2 aromatic rings. The number of amides is 1. The Bertz CT molecular complexity index is 796. The maximum atomic E-state index is 12.4. The first-order valence-corrected chi connectivity index (χ1v) is 10.00. The molecule has 3 rings (SSSR count). The van der Waals surface area contributed by atoms with Crippen molar-refractivity contribution >= 4 is 22.4 Å². The molecule has 0 atom stereocenters. The lowest BCUT2D eigenvalue weighted by Gasteiger charge is -2.19. The number of hydrogen-bond donors (Lipinski definition) is 1. The predicted molar refractivity (Wildman–Crippen MR) is 108 cm³/mol. The molecule has 1 aromatic carbocycles. The number of anilines is 1. The van der Waals surface area contributed by atoms with Crippen LogP contribution in [0.1, 0.15) is 34.5 Å². The number of aromatic nitrogens is 1. The van der Waals surface area contributed by atoms with Crippen LogP contribution in [0, 0.1) is 6.92 Å². The van der Waals surface area contributed by atoms with E-state index >= 15 is 0 Å². The van der Waals surface area contributed by atoms with Gasteiger partial charge >= 0.3 is 0 Å². The van der Waals surface area contributed by atoms with Gasteiger partial charge in [-0.1, -0.05) is 0 Å². The molecular formula is C20H27N3O3S. The summed E-state index contributed by atoms with van der Waals surface area (Å²) in [5, 5.41) is 3.68. The van der Waals surface area contributed by atoms with E-state index in [0.29, 0.717) is 24.6 Å². The van der Waals surface area contributed by atoms with Crippen LogP contribution in [0.2, 0.25) is 0 Å². The van der Waals surface area contributed by atoms with Gasteiger partial charge in [-0.25, -0.2) is 4.98 Å². The standard InChI is InChI=1S/C20H27N3O3S/c1-13-9-16(25-3)17(26-4)10-14(13)11-23(2)12-19(24)22-20-21-15-7-5-6-8-18(15)27-20/h9-10H,5-8,11-12H2,1-4H3,(H,21,22,24). The second-order valence-corrected chi connectivity index (χ2v) is 8.03. The average Bonchev–Trinajstić information content (AvgIpc) is 3.04. The number of rotatable bonds is 7. The quantitative estimate of drug-likeness (QED) is 0.786. The van der Waals surface area contributed by atoms with Crippen molar-refractivity contribution in [3.8, 4) is 11.5 Å². The minimum atomic E-state index is -0.0401. The fourth-order valence-corrected chi connectivity index (χ4v) is 4.42. The lowest BCUT2D eigenvalue weighted by molar-refractivity contribution is -0.117. The fourth-order valence-electron chi connectivity index (χ4n) is 3.35. The summed E-state index contributed by atoms with van der Waals surface area (Å²) in [5.74, 6) is 1.37. The third kappa shape index (κ3) is 4.78. The summed E-state index contributed by atoms with van der Waals surface area (Å²) in [5.41, 5.74) is 3.37. The topological polar surface area (TPSA) is 63.7 Å². The van der Waals surface area contributed by atoms with Gasteiger partial charge in [-0.2, -0.15) is 0 Å². The predicted octanol–water partition coefficient (Wildman–Crippen LogP) is 3.42. The number of methoxy groups -OCH3 is 2. The number of ether oxygens (including phenoxy) is 2. The van der Waals surface area contributed by atoms with Crippen LogP contribution in [0.25, 0.3) is 0 Å². The lowest BCUT2D eigenvalue weighted by Crippen LogP contribution is -2.30. The summed E-state index contributed by atoms with van der Waals surface area (Å²) < 4.78 is 10.7. The van der Waals surface area contributed by atoms with Gasteiger partial charge in [0.05, 0.1) is 26.5 Å². The number of benzene rings is 1. The maximum Gasteiger partial charge on any atom is 0.240 e. The molecule has 0 unspecified atom stereocenters. The molecule has 0 saturated heterocycles. The van der Waals surface area contributed by atoms with E-state index in [-0.39, 0.29) is 5.91 Å². The Morgan fingerprint density at radius 3 is 2.63 bits per heavy atom. The van der Waals surface area contributed by atoms with Crippen LogP contribution in [0.15, 0.2) is 12.1 Å². The van der Waals surface area contributed by atoms with E-state index in [1.54, 1.807) is 25.6 Å². The SMILES string of the molecule is COc1cc(C)c(CN(C)CC(=O)Nc2nc3c(s2)CCCC3)cc1OC. The van der Waals surface area contributed by atoms with Crippen molar-refractivity contribution in [2.45, 2.75) is 39.2 Å². The average molecular weight is 390 g/mol. The Kier molecular flexibility index (Phi) is 6.34. The summed E-state index contributed by atoms with van der Waals surface area (Å²) in [7, 11) is 5.19. The van der Waals surface area contributed by atoms with Gasteiger partial charge < -0.3 is 14.8 Å².